The third-order valence-electron chi connectivity index (χ3n) is 10.9. The second kappa shape index (κ2) is 11.8. The predicted octanol–water partition coefficient (Wildman–Crippen LogP) is 12.9. The van der Waals surface area contributed by atoms with E-state index in [0.717, 1.165) is 99.2 Å². The lowest BCUT2D eigenvalue weighted by molar-refractivity contribution is 0.673. The van der Waals surface area contributed by atoms with E-state index in [2.05, 4.69) is 137 Å². The number of hydrogen-bond donors (Lipinski definition) is 0. The van der Waals surface area contributed by atoms with Crippen LogP contribution in [-0.2, 0) is 0 Å². The maximum Gasteiger partial charge on any atom is 0.145 e. The Morgan fingerprint density at radius 3 is 1.85 bits per heavy atom. The lowest BCUT2D eigenvalue weighted by Crippen LogP contribution is -1.97. The molecule has 3 heterocycles. The lowest BCUT2D eigenvalue weighted by atomic mass is 9.93. The topological polar surface area (TPSA) is 70.6 Å². The van der Waals surface area contributed by atoms with Gasteiger partial charge in [-0.3, -0.25) is 0 Å². The first-order valence-corrected chi connectivity index (χ1v) is 18.2. The summed E-state index contributed by atoms with van der Waals surface area (Å²) < 4.78 is 11.1. The fourth-order valence-corrected chi connectivity index (χ4v) is 8.59. The number of furan rings is 1. The van der Waals surface area contributed by atoms with Crippen LogP contribution in [-0.4, -0.2) is 9.13 Å². The van der Waals surface area contributed by atoms with E-state index in [4.69, 9.17) is 4.42 Å². The van der Waals surface area contributed by atoms with Crippen LogP contribution in [0.4, 0.5) is 0 Å². The van der Waals surface area contributed by atoms with Crippen LogP contribution in [0.3, 0.4) is 0 Å². The van der Waals surface area contributed by atoms with Gasteiger partial charge in [0.05, 0.1) is 50.7 Å². The molecule has 3 aromatic heterocycles. The quantitative estimate of drug-likeness (QED) is 0.183. The van der Waals surface area contributed by atoms with Crippen molar-refractivity contribution in [1.82, 2.24) is 9.13 Å². The molecule has 0 aliphatic carbocycles. The van der Waals surface area contributed by atoms with Gasteiger partial charge in [0.15, 0.2) is 0 Å². The highest BCUT2D eigenvalue weighted by atomic mass is 16.3. The molecule has 0 atom stereocenters. The number of benzene rings is 8. The van der Waals surface area contributed by atoms with Crippen LogP contribution >= 0.6 is 0 Å². The average molecular weight is 701 g/mol. The number of fused-ring (bicyclic) bond motifs is 10. The third kappa shape index (κ3) is 4.58. The fraction of sp³-hybridized carbons (Fsp3) is 0. The largest absolute Gasteiger partial charge is 0.455 e. The van der Waals surface area contributed by atoms with Crippen LogP contribution in [0, 0.1) is 22.7 Å². The van der Waals surface area contributed by atoms with E-state index in [0.29, 0.717) is 11.1 Å². The number of nitriles is 2. The Hall–Kier alpha value is -7.86. The molecule has 11 aromatic rings. The van der Waals surface area contributed by atoms with Crippen molar-refractivity contribution >= 4 is 65.6 Å². The SMILES string of the molecule is N#Cc1cc(-c2ccccc2-c2cccc(-n3c4ccccc4c4c5oc6ccccc6c5ccc43)c2)cc(-n2c3ccccc3c3cc(C#N)ccc32)c1. The molecule has 0 bridgehead atoms. The van der Waals surface area contributed by atoms with Gasteiger partial charge < -0.3 is 13.6 Å². The molecule has 0 radical (unpaired) electrons. The molecular formula is C50H28N4O. The molecule has 0 saturated heterocycles. The molecule has 0 unspecified atom stereocenters. The Bertz CT molecular complexity index is 3470. The van der Waals surface area contributed by atoms with Gasteiger partial charge in [-0.05, 0) is 101 Å². The summed E-state index contributed by atoms with van der Waals surface area (Å²) in [5.74, 6) is 0. The van der Waals surface area contributed by atoms with Gasteiger partial charge in [0.2, 0.25) is 0 Å². The maximum atomic E-state index is 10.3. The van der Waals surface area contributed by atoms with Crippen molar-refractivity contribution in [3.8, 4) is 45.8 Å². The second-order valence-corrected chi connectivity index (χ2v) is 14.0. The molecule has 0 N–H and O–H groups in total. The van der Waals surface area contributed by atoms with E-state index in [1.165, 1.54) is 0 Å². The molecule has 0 saturated carbocycles. The highest BCUT2D eigenvalue weighted by Crippen LogP contribution is 2.42. The van der Waals surface area contributed by atoms with Gasteiger partial charge >= 0.3 is 0 Å². The summed E-state index contributed by atoms with van der Waals surface area (Å²) in [5, 5.41) is 26.5. The number of nitrogens with zero attached hydrogens (tertiary/aromatic N) is 4. The van der Waals surface area contributed by atoms with Crippen molar-refractivity contribution in [1.29, 1.82) is 10.5 Å². The van der Waals surface area contributed by atoms with Gasteiger partial charge in [-0.2, -0.15) is 10.5 Å². The van der Waals surface area contributed by atoms with E-state index >= 15 is 0 Å². The molecule has 5 heteroatoms. The predicted molar refractivity (Wildman–Crippen MR) is 223 cm³/mol. The Balaban J connectivity index is 1.10. The van der Waals surface area contributed by atoms with Crippen molar-refractivity contribution in [3.05, 3.63) is 181 Å². The molecule has 55 heavy (non-hydrogen) atoms. The van der Waals surface area contributed by atoms with E-state index in [9.17, 15) is 10.5 Å². The van der Waals surface area contributed by atoms with Crippen LogP contribution in [0.2, 0.25) is 0 Å². The first-order valence-electron chi connectivity index (χ1n) is 18.2. The standard InChI is InChI=1S/C50H28N4O/c51-29-31-20-22-46-43(26-31)39-14-3-6-17-44(39)54(46)36-25-32(30-52)24-34(28-36)38-13-2-1-12-37(38)33-10-9-11-35(27-33)53-45-18-7-4-16-42(45)49-47(53)23-21-41-40-15-5-8-19-48(40)55-50(41)49/h1-28H. The van der Waals surface area contributed by atoms with Gasteiger partial charge in [0.1, 0.15) is 11.2 Å². The highest BCUT2D eigenvalue weighted by Gasteiger charge is 2.20. The monoisotopic (exact) mass is 700 g/mol. The zero-order valence-electron chi connectivity index (χ0n) is 29.4. The molecule has 0 aliphatic heterocycles. The molecule has 0 spiro atoms. The van der Waals surface area contributed by atoms with Crippen LogP contribution in [0.5, 0.6) is 0 Å². The Morgan fingerprint density at radius 1 is 0.400 bits per heavy atom. The minimum absolute atomic E-state index is 0.567. The average Bonchev–Trinajstić information content (AvgIpc) is 3.91. The Kier molecular flexibility index (Phi) is 6.61. The molecule has 0 aliphatic rings. The second-order valence-electron chi connectivity index (χ2n) is 14.0. The van der Waals surface area contributed by atoms with Crippen LogP contribution in [0.25, 0.3) is 99.2 Å². The minimum atomic E-state index is 0.567. The Labute approximate surface area is 315 Å². The van der Waals surface area contributed by atoms with Gasteiger partial charge in [0.25, 0.3) is 0 Å². The summed E-state index contributed by atoms with van der Waals surface area (Å²) >= 11 is 0. The zero-order valence-corrected chi connectivity index (χ0v) is 29.4. The molecule has 11 rings (SSSR count). The fourth-order valence-electron chi connectivity index (χ4n) is 8.59. The summed E-state index contributed by atoms with van der Waals surface area (Å²) in [4.78, 5) is 0. The van der Waals surface area contributed by atoms with E-state index < -0.39 is 0 Å². The van der Waals surface area contributed by atoms with Gasteiger partial charge in [-0.1, -0.05) is 91.0 Å². The summed E-state index contributed by atoms with van der Waals surface area (Å²) in [6, 6.07) is 63.1. The van der Waals surface area contributed by atoms with Crippen LogP contribution < -0.4 is 0 Å². The number of para-hydroxylation sites is 3. The number of aromatic nitrogens is 2. The third-order valence-corrected chi connectivity index (χ3v) is 10.9. The van der Waals surface area contributed by atoms with Crippen LogP contribution in [0.1, 0.15) is 11.1 Å². The number of hydrogen-bond acceptors (Lipinski definition) is 3. The highest BCUT2D eigenvalue weighted by molar-refractivity contribution is 6.23. The smallest absolute Gasteiger partial charge is 0.145 e. The molecular weight excluding hydrogens is 673 g/mol. The van der Waals surface area contributed by atoms with E-state index in [-0.39, 0.29) is 0 Å². The molecule has 0 fully saturated rings. The normalized spacial score (nSPS) is 11.6. The van der Waals surface area contributed by atoms with Gasteiger partial charge in [-0.15, -0.1) is 0 Å². The van der Waals surface area contributed by atoms with Crippen LogP contribution in [0.15, 0.2) is 174 Å². The van der Waals surface area contributed by atoms with Gasteiger partial charge in [0, 0.05) is 38.3 Å². The van der Waals surface area contributed by atoms with E-state index in [1.807, 2.05) is 54.6 Å². The van der Waals surface area contributed by atoms with Crippen molar-refractivity contribution < 1.29 is 4.42 Å². The Morgan fingerprint density at radius 2 is 1.04 bits per heavy atom. The molecule has 254 valence electrons. The van der Waals surface area contributed by atoms with Crippen molar-refractivity contribution in [2.75, 3.05) is 0 Å². The first kappa shape index (κ1) is 30.7. The van der Waals surface area contributed by atoms with Crippen molar-refractivity contribution in [2.45, 2.75) is 0 Å². The van der Waals surface area contributed by atoms with Crippen molar-refractivity contribution in [3.63, 3.8) is 0 Å². The molecule has 0 amide bonds. The van der Waals surface area contributed by atoms with E-state index in [1.54, 1.807) is 0 Å². The summed E-state index contributed by atoms with van der Waals surface area (Å²) in [6.45, 7) is 0. The van der Waals surface area contributed by atoms with Gasteiger partial charge in [-0.25, -0.2) is 0 Å². The summed E-state index contributed by atoms with van der Waals surface area (Å²) in [7, 11) is 0. The van der Waals surface area contributed by atoms with Crippen molar-refractivity contribution in [2.24, 2.45) is 0 Å². The first-order chi connectivity index (χ1) is 27.2. The summed E-state index contributed by atoms with van der Waals surface area (Å²) in [5.41, 5.74) is 13.2. The summed E-state index contributed by atoms with van der Waals surface area (Å²) in [6.07, 6.45) is 0. The maximum absolute atomic E-state index is 10.3. The zero-order chi connectivity index (χ0) is 36.6. The molecule has 8 aromatic carbocycles. The molecule has 5 nitrogen and oxygen atoms in total. The number of rotatable bonds is 4. The lowest BCUT2D eigenvalue weighted by Gasteiger charge is -2.15. The minimum Gasteiger partial charge on any atom is -0.455 e.